The maximum absolute atomic E-state index is 13.2. The predicted octanol–water partition coefficient (Wildman–Crippen LogP) is -2.52. The van der Waals surface area contributed by atoms with Crippen LogP contribution in [0.25, 0.3) is 0 Å². The lowest BCUT2D eigenvalue weighted by Crippen LogP contribution is -2.78. The summed E-state index contributed by atoms with van der Waals surface area (Å²) in [5.74, 6) is -3.89. The first kappa shape index (κ1) is 24.0. The molecule has 1 spiro atoms. The van der Waals surface area contributed by atoms with Gasteiger partial charge in [-0.15, -0.1) is 0 Å². The van der Waals surface area contributed by atoms with Crippen LogP contribution in [0.1, 0.15) is 41.3 Å². The van der Waals surface area contributed by atoms with Crippen LogP contribution >= 0.6 is 0 Å². The molecule has 4 aliphatic rings. The molecule has 0 bridgehead atoms. The third kappa shape index (κ3) is 3.26. The molecule has 8 N–H and O–H groups in total. The summed E-state index contributed by atoms with van der Waals surface area (Å²) in [4.78, 5) is 49.0. The minimum atomic E-state index is -2.61. The topological polar surface area (TPSA) is 199 Å². The number of amides is 3. The van der Waals surface area contributed by atoms with Gasteiger partial charge in [-0.1, -0.05) is 19.1 Å². The number of nitrogens with two attached hydrogens (primary N) is 2. The number of hydrogen-bond donors (Lipinski definition) is 6. The van der Waals surface area contributed by atoms with E-state index in [9.17, 15) is 24.6 Å². The summed E-state index contributed by atoms with van der Waals surface area (Å²) >= 11 is 0. The molecular weight excluding hydrogens is 468 g/mol. The second-order valence-electron chi connectivity index (χ2n) is 9.61. The summed E-state index contributed by atoms with van der Waals surface area (Å²) in [6.07, 6.45) is 0.954. The number of nitrogens with one attached hydrogen (secondary N) is 2. The van der Waals surface area contributed by atoms with Crippen LogP contribution in [-0.4, -0.2) is 92.3 Å². The van der Waals surface area contributed by atoms with E-state index in [1.54, 1.807) is 12.1 Å². The average molecular weight is 499 g/mol. The SMILES string of the molecule is CCc1cccc(C(=O)NC2CN3C(N)=N[C@@H](CN4C(=O)CCC4=O)[C@@H]4N=C(N)N[C@@]43C2(O)O)c1C. The van der Waals surface area contributed by atoms with Gasteiger partial charge in [0.1, 0.15) is 12.1 Å². The number of rotatable bonds is 5. The molecule has 2 saturated heterocycles. The Morgan fingerprint density at radius 3 is 2.58 bits per heavy atom. The van der Waals surface area contributed by atoms with Crippen molar-refractivity contribution >= 4 is 29.6 Å². The number of carbonyl (C=O) groups excluding carboxylic acids is 3. The van der Waals surface area contributed by atoms with E-state index in [0.717, 1.165) is 22.4 Å². The second-order valence-corrected chi connectivity index (χ2v) is 9.61. The van der Waals surface area contributed by atoms with Gasteiger partial charge in [-0.3, -0.25) is 19.3 Å². The van der Waals surface area contributed by atoms with Crippen molar-refractivity contribution in [3.8, 4) is 0 Å². The van der Waals surface area contributed by atoms with Crippen LogP contribution in [0, 0.1) is 6.92 Å². The lowest BCUT2D eigenvalue weighted by molar-refractivity contribution is -0.230. The van der Waals surface area contributed by atoms with E-state index in [-0.39, 0.29) is 49.7 Å². The van der Waals surface area contributed by atoms with Crippen LogP contribution in [0.5, 0.6) is 0 Å². The summed E-state index contributed by atoms with van der Waals surface area (Å²) in [5.41, 5.74) is 12.7. The van der Waals surface area contributed by atoms with Gasteiger partial charge in [-0.25, -0.2) is 9.98 Å². The van der Waals surface area contributed by atoms with Gasteiger partial charge in [0.05, 0.1) is 12.6 Å². The van der Waals surface area contributed by atoms with E-state index < -0.39 is 35.5 Å². The molecule has 13 heteroatoms. The van der Waals surface area contributed by atoms with Crippen LogP contribution < -0.4 is 22.1 Å². The van der Waals surface area contributed by atoms with Crippen molar-refractivity contribution in [2.24, 2.45) is 21.5 Å². The molecule has 1 aromatic carbocycles. The molecule has 1 aromatic rings. The van der Waals surface area contributed by atoms with Crippen molar-refractivity contribution in [1.29, 1.82) is 0 Å². The Hall–Kier alpha value is -3.71. The number of likely N-dealkylation sites (tertiary alicyclic amines) is 1. The molecule has 5 rings (SSSR count). The normalized spacial score (nSPS) is 30.5. The maximum Gasteiger partial charge on any atom is 0.252 e. The number of benzene rings is 1. The van der Waals surface area contributed by atoms with Crippen molar-refractivity contribution in [3.63, 3.8) is 0 Å². The largest absolute Gasteiger partial charge is 0.370 e. The van der Waals surface area contributed by atoms with E-state index in [1.165, 1.54) is 4.90 Å². The fourth-order valence-corrected chi connectivity index (χ4v) is 5.80. The summed E-state index contributed by atoms with van der Waals surface area (Å²) < 4.78 is 0. The molecule has 0 aromatic heterocycles. The minimum Gasteiger partial charge on any atom is -0.370 e. The fraction of sp³-hybridized carbons (Fsp3) is 0.522. The van der Waals surface area contributed by atoms with Gasteiger partial charge >= 0.3 is 0 Å². The molecule has 2 fully saturated rings. The maximum atomic E-state index is 13.2. The monoisotopic (exact) mass is 498 g/mol. The molecule has 3 amide bonds. The highest BCUT2D eigenvalue weighted by molar-refractivity contribution is 6.02. The number of hydrogen-bond acceptors (Lipinski definition) is 11. The minimum absolute atomic E-state index is 0.0545. The molecule has 0 aliphatic carbocycles. The molecule has 0 radical (unpaired) electrons. The number of nitrogens with zero attached hydrogens (tertiary/aromatic N) is 4. The Labute approximate surface area is 207 Å². The second kappa shape index (κ2) is 8.17. The van der Waals surface area contributed by atoms with E-state index in [1.807, 2.05) is 19.9 Å². The highest BCUT2D eigenvalue weighted by atomic mass is 16.5. The molecule has 36 heavy (non-hydrogen) atoms. The first-order valence-electron chi connectivity index (χ1n) is 11.9. The van der Waals surface area contributed by atoms with Crippen molar-refractivity contribution in [1.82, 2.24) is 20.4 Å². The van der Waals surface area contributed by atoms with E-state index in [4.69, 9.17) is 11.5 Å². The first-order valence-corrected chi connectivity index (χ1v) is 11.9. The summed E-state index contributed by atoms with van der Waals surface area (Å²) in [7, 11) is 0. The molecule has 0 saturated carbocycles. The predicted molar refractivity (Wildman–Crippen MR) is 128 cm³/mol. The Balaban J connectivity index is 1.47. The van der Waals surface area contributed by atoms with Gasteiger partial charge in [0, 0.05) is 24.9 Å². The molecular formula is C23H30N8O5. The van der Waals surface area contributed by atoms with E-state index in [2.05, 4.69) is 20.6 Å². The lowest BCUT2D eigenvalue weighted by atomic mass is 9.84. The molecule has 4 heterocycles. The molecule has 192 valence electrons. The van der Waals surface area contributed by atoms with Gasteiger partial charge in [0.25, 0.3) is 5.91 Å². The number of aryl methyl sites for hydroxylation is 1. The Kier molecular flexibility index (Phi) is 5.45. The van der Waals surface area contributed by atoms with E-state index in [0.29, 0.717) is 5.56 Å². The van der Waals surface area contributed by atoms with Gasteiger partial charge in [-0.2, -0.15) is 0 Å². The van der Waals surface area contributed by atoms with Crippen LogP contribution in [0.2, 0.25) is 0 Å². The molecule has 1 unspecified atom stereocenters. The fourth-order valence-electron chi connectivity index (χ4n) is 5.80. The van der Waals surface area contributed by atoms with Gasteiger partial charge < -0.3 is 37.2 Å². The highest BCUT2D eigenvalue weighted by Gasteiger charge is 2.73. The van der Waals surface area contributed by atoms with Crippen molar-refractivity contribution in [3.05, 3.63) is 34.9 Å². The first-order chi connectivity index (χ1) is 17.0. The Bertz CT molecular complexity index is 1200. The zero-order chi connectivity index (χ0) is 26.0. The van der Waals surface area contributed by atoms with Crippen LogP contribution in [0.3, 0.4) is 0 Å². The summed E-state index contributed by atoms with van der Waals surface area (Å²) in [6, 6.07) is 2.30. The van der Waals surface area contributed by atoms with Crippen molar-refractivity contribution in [2.45, 2.75) is 62.7 Å². The van der Waals surface area contributed by atoms with Crippen molar-refractivity contribution < 1.29 is 24.6 Å². The average Bonchev–Trinajstić information content (AvgIpc) is 3.42. The van der Waals surface area contributed by atoms with Crippen LogP contribution in [0.15, 0.2) is 28.2 Å². The lowest BCUT2D eigenvalue weighted by Gasteiger charge is -2.49. The summed E-state index contributed by atoms with van der Waals surface area (Å²) in [6.45, 7) is 3.60. The number of guanidine groups is 2. The Morgan fingerprint density at radius 1 is 1.22 bits per heavy atom. The molecule has 4 atom stereocenters. The number of carbonyl (C=O) groups is 3. The zero-order valence-corrected chi connectivity index (χ0v) is 20.1. The molecule has 13 nitrogen and oxygen atoms in total. The van der Waals surface area contributed by atoms with Crippen LogP contribution in [0.4, 0.5) is 0 Å². The van der Waals surface area contributed by atoms with Crippen molar-refractivity contribution in [2.75, 3.05) is 13.1 Å². The standard InChI is InChI=1S/C23H30N8O5/c1-3-12-5-4-6-13(11(12)2)19(34)27-15-10-31-21(25)26-14(9-30-16(32)7-8-17(30)33)18-22(31,23(15,35)36)29-20(24)28-18/h4-6,14-15,18,35-36H,3,7-10H2,1-2H3,(H2,25,26)(H,27,34)(H3,24,28,29)/t14-,15?,18-,22-/m0/s1. The van der Waals surface area contributed by atoms with E-state index >= 15 is 0 Å². The third-order valence-corrected chi connectivity index (χ3v) is 7.70. The van der Waals surface area contributed by atoms with Gasteiger partial charge in [-0.05, 0) is 30.5 Å². The molecule has 4 aliphatic heterocycles. The summed E-state index contributed by atoms with van der Waals surface area (Å²) in [5, 5.41) is 28.7. The highest BCUT2D eigenvalue weighted by Crippen LogP contribution is 2.45. The number of aliphatic imine (C=N–C) groups is 2. The zero-order valence-electron chi connectivity index (χ0n) is 20.1. The third-order valence-electron chi connectivity index (χ3n) is 7.70. The van der Waals surface area contributed by atoms with Gasteiger partial charge in [0.2, 0.25) is 17.6 Å². The Morgan fingerprint density at radius 2 is 1.92 bits per heavy atom. The van der Waals surface area contributed by atoms with Crippen LogP contribution in [-0.2, 0) is 16.0 Å². The van der Waals surface area contributed by atoms with Gasteiger partial charge in [0.15, 0.2) is 17.6 Å². The number of imide groups is 1. The smallest absolute Gasteiger partial charge is 0.252 e. The quantitative estimate of drug-likeness (QED) is 0.187. The number of aliphatic hydroxyl groups is 2.